The van der Waals surface area contributed by atoms with Crippen molar-refractivity contribution in [3.05, 3.63) is 35.4 Å². The summed E-state index contributed by atoms with van der Waals surface area (Å²) in [7, 11) is 2.13. The van der Waals surface area contributed by atoms with Gasteiger partial charge in [0.2, 0.25) is 0 Å². The van der Waals surface area contributed by atoms with Gasteiger partial charge in [-0.1, -0.05) is 24.3 Å². The smallest absolute Gasteiger partial charge is 0.410 e. The predicted octanol–water partition coefficient (Wildman–Crippen LogP) is 3.51. The Labute approximate surface area is 198 Å². The molecule has 1 saturated heterocycles. The topological polar surface area (TPSA) is 74.4 Å². The number of aliphatic imine (C=N–C) groups is 1. The van der Waals surface area contributed by atoms with E-state index in [-0.39, 0.29) is 30.1 Å². The SMILES string of the molecule is CC(C)N(C)Cc1ccccc1CN=C(N)N1CCN(C(=O)OC(C)(C)C)CC1.I. The molecule has 0 unspecified atom stereocenters. The van der Waals surface area contributed by atoms with Gasteiger partial charge in [0.25, 0.3) is 0 Å². The van der Waals surface area contributed by atoms with E-state index in [0.717, 1.165) is 6.54 Å². The minimum atomic E-state index is -0.480. The number of guanidine groups is 1. The molecule has 0 bridgehead atoms. The van der Waals surface area contributed by atoms with Crippen LogP contribution in [-0.4, -0.2) is 71.6 Å². The summed E-state index contributed by atoms with van der Waals surface area (Å²) in [6.45, 7) is 13.9. The van der Waals surface area contributed by atoms with Crippen LogP contribution < -0.4 is 5.73 Å². The van der Waals surface area contributed by atoms with Crippen molar-refractivity contribution in [1.82, 2.24) is 14.7 Å². The van der Waals surface area contributed by atoms with E-state index in [1.54, 1.807) is 4.90 Å². The molecule has 1 fully saturated rings. The third-order valence-electron chi connectivity index (χ3n) is 5.09. The van der Waals surface area contributed by atoms with Gasteiger partial charge in [-0.3, -0.25) is 4.90 Å². The van der Waals surface area contributed by atoms with E-state index in [1.807, 2.05) is 31.7 Å². The summed E-state index contributed by atoms with van der Waals surface area (Å²) < 4.78 is 5.44. The van der Waals surface area contributed by atoms with Gasteiger partial charge in [-0.15, -0.1) is 24.0 Å². The molecular weight excluding hydrogens is 493 g/mol. The second-order valence-electron chi connectivity index (χ2n) is 8.91. The first kappa shape index (κ1) is 26.5. The number of carbonyl (C=O) groups excluding carboxylic acids is 1. The second kappa shape index (κ2) is 11.7. The number of amides is 1. The van der Waals surface area contributed by atoms with Crippen LogP contribution in [0, 0.1) is 0 Å². The van der Waals surface area contributed by atoms with E-state index in [1.165, 1.54) is 11.1 Å². The Hall–Kier alpha value is -1.55. The summed E-state index contributed by atoms with van der Waals surface area (Å²) >= 11 is 0. The molecule has 1 aromatic carbocycles. The van der Waals surface area contributed by atoms with Crippen molar-refractivity contribution in [3.8, 4) is 0 Å². The molecule has 30 heavy (non-hydrogen) atoms. The molecule has 8 heteroatoms. The molecule has 170 valence electrons. The highest BCUT2D eigenvalue weighted by atomic mass is 127. The number of carbonyl (C=O) groups is 1. The van der Waals surface area contributed by atoms with Gasteiger partial charge in [-0.25, -0.2) is 9.79 Å². The van der Waals surface area contributed by atoms with Crippen molar-refractivity contribution in [1.29, 1.82) is 0 Å². The molecule has 1 aromatic rings. The van der Waals surface area contributed by atoms with Crippen LogP contribution in [0.3, 0.4) is 0 Å². The van der Waals surface area contributed by atoms with E-state index in [0.29, 0.717) is 44.7 Å². The molecule has 1 aliphatic rings. The molecule has 0 aromatic heterocycles. The number of ether oxygens (including phenoxy) is 1. The van der Waals surface area contributed by atoms with Crippen molar-refractivity contribution in [2.24, 2.45) is 10.7 Å². The maximum absolute atomic E-state index is 12.2. The van der Waals surface area contributed by atoms with E-state index >= 15 is 0 Å². The maximum atomic E-state index is 12.2. The van der Waals surface area contributed by atoms with Gasteiger partial charge in [0.15, 0.2) is 5.96 Å². The number of rotatable bonds is 5. The third kappa shape index (κ3) is 8.29. The molecule has 1 amide bonds. The second-order valence-corrected chi connectivity index (χ2v) is 8.91. The number of benzene rings is 1. The first-order chi connectivity index (χ1) is 13.6. The van der Waals surface area contributed by atoms with Crippen LogP contribution in [0.2, 0.25) is 0 Å². The van der Waals surface area contributed by atoms with Gasteiger partial charge < -0.3 is 20.3 Å². The van der Waals surface area contributed by atoms with E-state index in [9.17, 15) is 4.79 Å². The fourth-order valence-electron chi connectivity index (χ4n) is 3.03. The van der Waals surface area contributed by atoms with Crippen LogP contribution in [0.5, 0.6) is 0 Å². The highest BCUT2D eigenvalue weighted by Gasteiger charge is 2.26. The zero-order chi connectivity index (χ0) is 21.6. The van der Waals surface area contributed by atoms with Gasteiger partial charge in [0, 0.05) is 38.8 Å². The number of piperazine rings is 1. The van der Waals surface area contributed by atoms with Gasteiger partial charge in [-0.05, 0) is 52.8 Å². The first-order valence-corrected chi connectivity index (χ1v) is 10.4. The normalized spacial score (nSPS) is 15.4. The zero-order valence-electron chi connectivity index (χ0n) is 19.2. The predicted molar refractivity (Wildman–Crippen MR) is 133 cm³/mol. The standard InChI is InChI=1S/C22H37N5O2.HI/c1-17(2)25(6)16-19-10-8-7-9-18(19)15-24-20(23)26-11-13-27(14-12-26)21(28)29-22(3,4)5;/h7-10,17H,11-16H2,1-6H3,(H2,23,24);1H. The Morgan fingerprint density at radius 1 is 1.13 bits per heavy atom. The van der Waals surface area contributed by atoms with Gasteiger partial charge >= 0.3 is 6.09 Å². The molecule has 1 heterocycles. The van der Waals surface area contributed by atoms with E-state index in [4.69, 9.17) is 10.5 Å². The molecule has 0 atom stereocenters. The van der Waals surface area contributed by atoms with E-state index < -0.39 is 5.60 Å². The molecule has 0 radical (unpaired) electrons. The largest absolute Gasteiger partial charge is 0.444 e. The van der Waals surface area contributed by atoms with Crippen LogP contribution in [0.15, 0.2) is 29.3 Å². The monoisotopic (exact) mass is 531 g/mol. The van der Waals surface area contributed by atoms with Crippen molar-refractivity contribution in [3.63, 3.8) is 0 Å². The summed E-state index contributed by atoms with van der Waals surface area (Å²) in [6, 6.07) is 8.85. The molecule has 2 N–H and O–H groups in total. The molecule has 7 nitrogen and oxygen atoms in total. The average Bonchev–Trinajstić information content (AvgIpc) is 2.65. The van der Waals surface area contributed by atoms with Crippen LogP contribution in [-0.2, 0) is 17.8 Å². The number of nitrogens with zero attached hydrogens (tertiary/aromatic N) is 4. The summed E-state index contributed by atoms with van der Waals surface area (Å²) in [5, 5.41) is 0. The number of hydrogen-bond donors (Lipinski definition) is 1. The van der Waals surface area contributed by atoms with Crippen molar-refractivity contribution < 1.29 is 9.53 Å². The van der Waals surface area contributed by atoms with Crippen molar-refractivity contribution in [2.45, 2.75) is 59.4 Å². The van der Waals surface area contributed by atoms with Gasteiger partial charge in [-0.2, -0.15) is 0 Å². The van der Waals surface area contributed by atoms with E-state index in [2.05, 4.69) is 49.0 Å². The highest BCUT2D eigenvalue weighted by Crippen LogP contribution is 2.15. The Morgan fingerprint density at radius 3 is 2.20 bits per heavy atom. The van der Waals surface area contributed by atoms with Gasteiger partial charge in [0.05, 0.1) is 6.54 Å². The number of hydrogen-bond acceptors (Lipinski definition) is 4. The van der Waals surface area contributed by atoms with Crippen molar-refractivity contribution >= 4 is 36.0 Å². The minimum absolute atomic E-state index is 0. The lowest BCUT2D eigenvalue weighted by Crippen LogP contribution is -2.53. The molecule has 2 rings (SSSR count). The average molecular weight is 531 g/mol. The fourth-order valence-corrected chi connectivity index (χ4v) is 3.03. The maximum Gasteiger partial charge on any atom is 0.410 e. The molecule has 1 aliphatic heterocycles. The van der Waals surface area contributed by atoms with Gasteiger partial charge in [0.1, 0.15) is 5.60 Å². The van der Waals surface area contributed by atoms with Crippen molar-refractivity contribution in [2.75, 3.05) is 33.2 Å². The summed E-state index contributed by atoms with van der Waals surface area (Å²) in [5.41, 5.74) is 8.23. The molecular formula is C22H38IN5O2. The third-order valence-corrected chi connectivity index (χ3v) is 5.09. The fraction of sp³-hybridized carbons (Fsp3) is 0.636. The summed E-state index contributed by atoms with van der Waals surface area (Å²) in [6.07, 6.45) is -0.268. The Morgan fingerprint density at radius 2 is 1.67 bits per heavy atom. The Balaban J connectivity index is 0.00000450. The lowest BCUT2D eigenvalue weighted by atomic mass is 10.1. The summed E-state index contributed by atoms with van der Waals surface area (Å²) in [5.74, 6) is 0.529. The van der Waals surface area contributed by atoms with Crippen LogP contribution in [0.1, 0.15) is 45.7 Å². The molecule has 0 spiro atoms. The summed E-state index contributed by atoms with van der Waals surface area (Å²) in [4.78, 5) is 22.9. The number of halogens is 1. The van der Waals surface area contributed by atoms with Crippen LogP contribution in [0.25, 0.3) is 0 Å². The lowest BCUT2D eigenvalue weighted by molar-refractivity contribution is 0.0186. The Bertz CT molecular complexity index is 710. The zero-order valence-corrected chi connectivity index (χ0v) is 21.6. The minimum Gasteiger partial charge on any atom is -0.444 e. The van der Waals surface area contributed by atoms with Crippen LogP contribution >= 0.6 is 24.0 Å². The Kier molecular flexibility index (Phi) is 10.4. The lowest BCUT2D eigenvalue weighted by Gasteiger charge is -2.36. The number of nitrogens with two attached hydrogens (primary N) is 1. The quantitative estimate of drug-likeness (QED) is 0.358. The molecule has 0 saturated carbocycles. The molecule has 0 aliphatic carbocycles. The van der Waals surface area contributed by atoms with Crippen LogP contribution in [0.4, 0.5) is 4.79 Å². The first-order valence-electron chi connectivity index (χ1n) is 10.4. The highest BCUT2D eigenvalue weighted by molar-refractivity contribution is 14.0.